The van der Waals surface area contributed by atoms with Crippen molar-refractivity contribution >= 4 is 23.6 Å². The van der Waals surface area contributed by atoms with Crippen LogP contribution in [0.4, 0.5) is 0 Å². The van der Waals surface area contributed by atoms with E-state index in [-0.39, 0.29) is 42.1 Å². The van der Waals surface area contributed by atoms with E-state index in [2.05, 4.69) is 16.0 Å². The van der Waals surface area contributed by atoms with Gasteiger partial charge < -0.3 is 35.6 Å². The summed E-state index contributed by atoms with van der Waals surface area (Å²) in [6.07, 6.45) is 3.32. The van der Waals surface area contributed by atoms with Crippen molar-refractivity contribution in [1.82, 2.24) is 25.8 Å². The lowest BCUT2D eigenvalue weighted by atomic mass is 10.00. The number of amides is 4. The van der Waals surface area contributed by atoms with Crippen LogP contribution < -0.4 is 20.7 Å². The number of hydrogen-bond acceptors (Lipinski definition) is 7. The molecule has 3 aliphatic heterocycles. The van der Waals surface area contributed by atoms with Gasteiger partial charge in [-0.2, -0.15) is 0 Å². The second kappa shape index (κ2) is 9.48. The molecule has 4 N–H and O–H groups in total. The fourth-order valence-corrected chi connectivity index (χ4v) is 6.67. The van der Waals surface area contributed by atoms with Gasteiger partial charge >= 0.3 is 0 Å². The van der Waals surface area contributed by atoms with Crippen LogP contribution in [0.1, 0.15) is 57.1 Å². The van der Waals surface area contributed by atoms with E-state index in [0.717, 1.165) is 11.3 Å². The van der Waals surface area contributed by atoms with Gasteiger partial charge in [-0.25, -0.2) is 0 Å². The van der Waals surface area contributed by atoms with Crippen LogP contribution in [0, 0.1) is 5.92 Å². The van der Waals surface area contributed by atoms with Crippen LogP contribution in [0.25, 0.3) is 0 Å². The Morgan fingerprint density at radius 1 is 1.08 bits per heavy atom. The van der Waals surface area contributed by atoms with E-state index in [9.17, 15) is 24.3 Å². The topological polar surface area (TPSA) is 140 Å². The Bertz CT molecular complexity index is 1200. The first-order valence-corrected chi connectivity index (χ1v) is 14.0. The van der Waals surface area contributed by atoms with Gasteiger partial charge in [0.2, 0.25) is 17.7 Å². The summed E-state index contributed by atoms with van der Waals surface area (Å²) in [5.41, 5.74) is -0.962. The van der Waals surface area contributed by atoms with Crippen molar-refractivity contribution in [1.29, 1.82) is 0 Å². The highest BCUT2D eigenvalue weighted by Gasteiger charge is 2.67. The smallest absolute Gasteiger partial charge is 0.254 e. The monoisotopic (exact) mass is 539 g/mol. The molecule has 0 aromatic heterocycles. The maximum atomic E-state index is 14.2. The first-order valence-electron chi connectivity index (χ1n) is 14.0. The zero-order chi connectivity index (χ0) is 27.5. The van der Waals surface area contributed by atoms with E-state index in [1.165, 1.54) is 0 Å². The Balaban J connectivity index is 1.26. The number of ether oxygens (including phenoxy) is 1. The molecule has 4 fully saturated rings. The average Bonchev–Trinajstić information content (AvgIpc) is 3.80. The van der Waals surface area contributed by atoms with Gasteiger partial charge in [-0.05, 0) is 52.1 Å². The van der Waals surface area contributed by atoms with Gasteiger partial charge in [0, 0.05) is 30.0 Å². The number of carbonyl (C=O) groups excluding carboxylic acids is 4. The standard InChI is InChI=1S/C28H37N5O6/c1-16(29-2)23(34)31-20-15-32(26(37)28(38)10-11-28)14-17-13-27(17)9-7-21(33(27)25(20)36)24(35)30-19-8-12-39-22-6-4-3-5-18(19)22/h3-6,16-17,19-21,29,38H,7-15H2,1-2H3,(H,30,35)(H,31,34)/t16-,17?,19+,20-,21-,27?/m0/s1. The van der Waals surface area contributed by atoms with Crippen LogP contribution in [-0.4, -0.2) is 94.5 Å². The lowest BCUT2D eigenvalue weighted by Crippen LogP contribution is -2.63. The lowest BCUT2D eigenvalue weighted by Gasteiger charge is -2.40. The quantitative estimate of drug-likeness (QED) is 0.394. The van der Waals surface area contributed by atoms with E-state index < -0.39 is 29.3 Å². The number of aliphatic hydroxyl groups is 1. The Kier molecular flexibility index (Phi) is 6.33. The average molecular weight is 540 g/mol. The number of nitrogens with zero attached hydrogens (tertiary/aromatic N) is 2. The minimum absolute atomic E-state index is 0.0299. The predicted molar refractivity (Wildman–Crippen MR) is 139 cm³/mol. The molecular formula is C28H37N5O6. The molecule has 11 nitrogen and oxygen atoms in total. The van der Waals surface area contributed by atoms with Gasteiger partial charge in [-0.3, -0.25) is 19.2 Å². The van der Waals surface area contributed by atoms with Crippen LogP contribution in [0.5, 0.6) is 5.75 Å². The van der Waals surface area contributed by atoms with E-state index in [1.54, 1.807) is 23.8 Å². The summed E-state index contributed by atoms with van der Waals surface area (Å²) < 4.78 is 5.74. The normalized spacial score (nSPS) is 32.8. The maximum absolute atomic E-state index is 14.2. The van der Waals surface area contributed by atoms with Crippen molar-refractivity contribution in [2.75, 3.05) is 26.7 Å². The van der Waals surface area contributed by atoms with Gasteiger partial charge in [0.05, 0.1) is 25.2 Å². The van der Waals surface area contributed by atoms with Gasteiger partial charge in [-0.15, -0.1) is 0 Å². The summed E-state index contributed by atoms with van der Waals surface area (Å²) in [7, 11) is 1.65. The molecule has 6 atom stereocenters. The molecule has 3 heterocycles. The first kappa shape index (κ1) is 26.1. The lowest BCUT2D eigenvalue weighted by molar-refractivity contribution is -0.150. The van der Waals surface area contributed by atoms with Crippen molar-refractivity contribution in [3.8, 4) is 5.75 Å². The summed E-state index contributed by atoms with van der Waals surface area (Å²) in [6, 6.07) is 5.21. The van der Waals surface area contributed by atoms with Crippen molar-refractivity contribution in [3.63, 3.8) is 0 Å². The molecule has 6 rings (SSSR count). The SMILES string of the molecule is CN[C@@H](C)C(=O)N[C@H]1CN(C(=O)C2(O)CC2)CC2CC23CC[C@@H](C(=O)N[C@@H]2CCOc4ccccc42)N3C1=O. The molecular weight excluding hydrogens is 502 g/mol. The summed E-state index contributed by atoms with van der Waals surface area (Å²) in [5, 5.41) is 19.4. The number of fused-ring (bicyclic) bond motifs is 1. The summed E-state index contributed by atoms with van der Waals surface area (Å²) in [5.74, 6) is -0.514. The third-order valence-electron chi connectivity index (χ3n) is 9.35. The van der Waals surface area contributed by atoms with Crippen LogP contribution >= 0.6 is 0 Å². The number of rotatable bonds is 6. The predicted octanol–water partition coefficient (Wildman–Crippen LogP) is -0.164. The number of hydrogen-bond donors (Lipinski definition) is 4. The molecule has 2 saturated heterocycles. The molecule has 1 spiro atoms. The van der Waals surface area contributed by atoms with Gasteiger partial charge in [0.25, 0.3) is 5.91 Å². The Morgan fingerprint density at radius 2 is 1.85 bits per heavy atom. The summed E-state index contributed by atoms with van der Waals surface area (Å²) in [6.45, 7) is 2.54. The highest BCUT2D eigenvalue weighted by atomic mass is 16.5. The van der Waals surface area contributed by atoms with E-state index in [4.69, 9.17) is 4.74 Å². The van der Waals surface area contributed by atoms with Crippen molar-refractivity contribution in [2.24, 2.45) is 5.92 Å². The van der Waals surface area contributed by atoms with Crippen LogP contribution in [-0.2, 0) is 19.2 Å². The highest BCUT2D eigenvalue weighted by Crippen LogP contribution is 2.58. The van der Waals surface area contributed by atoms with Gasteiger partial charge in [0.15, 0.2) is 0 Å². The van der Waals surface area contributed by atoms with Crippen LogP contribution in [0.15, 0.2) is 24.3 Å². The molecule has 2 saturated carbocycles. The first-order chi connectivity index (χ1) is 18.7. The Hall–Kier alpha value is -3.18. The molecule has 210 valence electrons. The Labute approximate surface area is 227 Å². The second-order valence-electron chi connectivity index (χ2n) is 11.8. The number of carbonyl (C=O) groups is 4. The highest BCUT2D eigenvalue weighted by molar-refractivity contribution is 5.96. The minimum atomic E-state index is -1.37. The van der Waals surface area contributed by atoms with E-state index in [1.807, 2.05) is 24.3 Å². The zero-order valence-corrected chi connectivity index (χ0v) is 22.4. The van der Waals surface area contributed by atoms with E-state index >= 15 is 0 Å². The minimum Gasteiger partial charge on any atom is -0.493 e. The molecule has 0 radical (unpaired) electrons. The van der Waals surface area contributed by atoms with Crippen molar-refractivity contribution in [2.45, 2.75) is 80.8 Å². The molecule has 2 aliphatic carbocycles. The Morgan fingerprint density at radius 3 is 2.59 bits per heavy atom. The molecule has 2 unspecified atom stereocenters. The molecule has 0 bridgehead atoms. The number of para-hydroxylation sites is 1. The second-order valence-corrected chi connectivity index (χ2v) is 11.8. The largest absolute Gasteiger partial charge is 0.493 e. The number of nitrogens with one attached hydrogen (secondary N) is 3. The fraction of sp³-hybridized carbons (Fsp3) is 0.643. The molecule has 1 aromatic carbocycles. The zero-order valence-electron chi connectivity index (χ0n) is 22.4. The van der Waals surface area contributed by atoms with Gasteiger partial charge in [-0.1, -0.05) is 18.2 Å². The molecule has 5 aliphatic rings. The third-order valence-corrected chi connectivity index (χ3v) is 9.35. The summed E-state index contributed by atoms with van der Waals surface area (Å²) in [4.78, 5) is 57.2. The summed E-state index contributed by atoms with van der Waals surface area (Å²) >= 11 is 0. The van der Waals surface area contributed by atoms with E-state index in [0.29, 0.717) is 51.7 Å². The number of benzene rings is 1. The molecule has 1 aromatic rings. The molecule has 11 heteroatoms. The van der Waals surface area contributed by atoms with Gasteiger partial charge in [0.1, 0.15) is 23.4 Å². The van der Waals surface area contributed by atoms with Crippen molar-refractivity contribution in [3.05, 3.63) is 29.8 Å². The maximum Gasteiger partial charge on any atom is 0.254 e. The number of likely N-dealkylation sites (N-methyl/N-ethyl adjacent to an activating group) is 1. The fourth-order valence-electron chi connectivity index (χ4n) is 6.67. The molecule has 39 heavy (non-hydrogen) atoms. The third kappa shape index (κ3) is 4.45. The van der Waals surface area contributed by atoms with Crippen molar-refractivity contribution < 1.29 is 29.0 Å². The molecule has 4 amide bonds. The van der Waals surface area contributed by atoms with Crippen LogP contribution in [0.3, 0.4) is 0 Å². The van der Waals surface area contributed by atoms with Crippen LogP contribution in [0.2, 0.25) is 0 Å².